The number of nitrogens with zero attached hydrogens (tertiary/aromatic N) is 1. The van der Waals surface area contributed by atoms with Gasteiger partial charge in [0.2, 0.25) is 0 Å². The second-order valence-electron chi connectivity index (χ2n) is 6.01. The topological polar surface area (TPSA) is 69.6 Å². The highest BCUT2D eigenvalue weighted by atomic mass is 19.1. The number of aliphatic hydroxyl groups excluding tert-OH is 1. The first kappa shape index (κ1) is 17.1. The second kappa shape index (κ2) is 7.44. The van der Waals surface area contributed by atoms with Crippen LogP contribution >= 0.6 is 0 Å². The van der Waals surface area contributed by atoms with Gasteiger partial charge in [-0.3, -0.25) is 9.69 Å². The minimum Gasteiger partial charge on any atom is -0.386 e. The molecule has 1 aliphatic rings. The summed E-state index contributed by atoms with van der Waals surface area (Å²) < 4.78 is 13.7. The highest BCUT2D eigenvalue weighted by Crippen LogP contribution is 2.21. The number of rotatable bonds is 6. The van der Waals surface area contributed by atoms with Gasteiger partial charge in [0.05, 0.1) is 12.6 Å². The van der Waals surface area contributed by atoms with E-state index in [9.17, 15) is 19.1 Å². The Hall–Kier alpha value is -2.73. The van der Waals surface area contributed by atoms with Crippen molar-refractivity contribution in [1.82, 2.24) is 10.2 Å². The number of carbonyl (C=O) groups excluding carboxylic acids is 2. The number of nitrogens with one attached hydrogen (secondary N) is 1. The van der Waals surface area contributed by atoms with Crippen LogP contribution in [0.25, 0.3) is 0 Å². The van der Waals surface area contributed by atoms with Crippen molar-refractivity contribution >= 4 is 11.9 Å². The number of carbonyl (C=O) groups is 2. The van der Waals surface area contributed by atoms with Gasteiger partial charge in [0.25, 0.3) is 5.91 Å². The number of hydrogen-bond acceptors (Lipinski definition) is 3. The van der Waals surface area contributed by atoms with Crippen molar-refractivity contribution in [3.05, 3.63) is 71.5 Å². The van der Waals surface area contributed by atoms with E-state index in [0.717, 1.165) is 10.5 Å². The molecule has 2 atom stereocenters. The number of benzene rings is 2. The van der Waals surface area contributed by atoms with E-state index in [1.165, 1.54) is 18.2 Å². The number of aryl methyl sites for hydroxylation is 1. The molecule has 1 saturated heterocycles. The van der Waals surface area contributed by atoms with Crippen LogP contribution in [0.4, 0.5) is 9.18 Å². The summed E-state index contributed by atoms with van der Waals surface area (Å²) in [6, 6.07) is 14.3. The average Bonchev–Trinajstić information content (AvgIpc) is 2.88. The van der Waals surface area contributed by atoms with Crippen LogP contribution in [0.1, 0.15) is 23.7 Å². The lowest BCUT2D eigenvalue weighted by Gasteiger charge is -2.18. The Bertz CT molecular complexity index is 766. The summed E-state index contributed by atoms with van der Waals surface area (Å²) in [5, 5.41) is 12.8. The van der Waals surface area contributed by atoms with E-state index in [1.54, 1.807) is 6.07 Å². The summed E-state index contributed by atoms with van der Waals surface area (Å²) in [4.78, 5) is 25.4. The van der Waals surface area contributed by atoms with Crippen molar-refractivity contribution in [1.29, 1.82) is 0 Å². The Morgan fingerprint density at radius 1 is 1.08 bits per heavy atom. The molecule has 0 spiro atoms. The first-order valence-electron chi connectivity index (χ1n) is 8.14. The van der Waals surface area contributed by atoms with Crippen molar-refractivity contribution in [2.24, 2.45) is 0 Å². The largest absolute Gasteiger partial charge is 0.386 e. The highest BCUT2D eigenvalue weighted by Gasteiger charge is 2.38. The van der Waals surface area contributed by atoms with Gasteiger partial charge in [0, 0.05) is 5.56 Å². The molecule has 3 rings (SSSR count). The van der Waals surface area contributed by atoms with Gasteiger partial charge in [-0.1, -0.05) is 48.5 Å². The van der Waals surface area contributed by atoms with Crippen LogP contribution in [0.15, 0.2) is 54.6 Å². The molecule has 130 valence electrons. The predicted octanol–water partition coefficient (Wildman–Crippen LogP) is 2.41. The molecule has 0 aromatic heterocycles. The van der Waals surface area contributed by atoms with Crippen molar-refractivity contribution in [3.8, 4) is 0 Å². The SMILES string of the molecule is O=C1N[C@H](CCc2ccccc2)C(=O)N1C[C@H](O)c1ccccc1F. The van der Waals surface area contributed by atoms with Crippen LogP contribution in [0.2, 0.25) is 0 Å². The molecular weight excluding hydrogens is 323 g/mol. The van der Waals surface area contributed by atoms with E-state index in [4.69, 9.17) is 0 Å². The van der Waals surface area contributed by atoms with Crippen LogP contribution < -0.4 is 5.32 Å². The summed E-state index contributed by atoms with van der Waals surface area (Å²) in [6.45, 7) is -0.270. The third-order valence-corrected chi connectivity index (χ3v) is 4.29. The minimum atomic E-state index is -1.26. The Morgan fingerprint density at radius 3 is 2.48 bits per heavy atom. The molecule has 0 aliphatic carbocycles. The van der Waals surface area contributed by atoms with Crippen LogP contribution in [-0.2, 0) is 11.2 Å². The van der Waals surface area contributed by atoms with Crippen molar-refractivity contribution in [2.45, 2.75) is 25.0 Å². The van der Waals surface area contributed by atoms with E-state index in [0.29, 0.717) is 12.8 Å². The third kappa shape index (κ3) is 3.85. The molecule has 1 heterocycles. The van der Waals surface area contributed by atoms with Gasteiger partial charge in [-0.15, -0.1) is 0 Å². The molecule has 1 aliphatic heterocycles. The molecule has 0 radical (unpaired) electrons. The van der Waals surface area contributed by atoms with E-state index in [1.807, 2.05) is 30.3 Å². The first-order chi connectivity index (χ1) is 12.1. The number of hydrogen-bond donors (Lipinski definition) is 2. The lowest BCUT2D eigenvalue weighted by Crippen LogP contribution is -2.35. The summed E-state index contributed by atoms with van der Waals surface area (Å²) in [7, 11) is 0. The molecule has 5 nitrogen and oxygen atoms in total. The fraction of sp³-hybridized carbons (Fsp3) is 0.263. The highest BCUT2D eigenvalue weighted by molar-refractivity contribution is 6.04. The lowest BCUT2D eigenvalue weighted by molar-refractivity contribution is -0.128. The molecule has 0 unspecified atom stereocenters. The molecule has 2 aromatic rings. The maximum absolute atomic E-state index is 13.7. The summed E-state index contributed by atoms with van der Waals surface area (Å²) in [6.07, 6.45) is -0.133. The normalized spacial score (nSPS) is 18.3. The molecule has 25 heavy (non-hydrogen) atoms. The molecule has 1 fully saturated rings. The third-order valence-electron chi connectivity index (χ3n) is 4.29. The number of halogens is 1. The standard InChI is InChI=1S/C19H19FN2O3/c20-15-9-5-4-8-14(15)17(23)12-22-18(24)16(21-19(22)25)11-10-13-6-2-1-3-7-13/h1-9,16-17,23H,10-12H2,(H,21,25)/t16-,17+/m1/s1. The van der Waals surface area contributed by atoms with E-state index in [2.05, 4.69) is 5.32 Å². The van der Waals surface area contributed by atoms with E-state index in [-0.39, 0.29) is 12.1 Å². The number of aliphatic hydroxyl groups is 1. The fourth-order valence-corrected chi connectivity index (χ4v) is 2.92. The Kier molecular flexibility index (Phi) is 5.09. The Labute approximate surface area is 145 Å². The molecule has 2 N–H and O–H groups in total. The lowest BCUT2D eigenvalue weighted by atomic mass is 10.0. The second-order valence-corrected chi connectivity index (χ2v) is 6.01. The molecule has 2 aromatic carbocycles. The minimum absolute atomic E-state index is 0.0656. The maximum Gasteiger partial charge on any atom is 0.324 e. The van der Waals surface area contributed by atoms with Crippen molar-refractivity contribution in [2.75, 3.05) is 6.54 Å². The van der Waals surface area contributed by atoms with Crippen LogP contribution in [0, 0.1) is 5.82 Å². The van der Waals surface area contributed by atoms with Gasteiger partial charge < -0.3 is 10.4 Å². The zero-order valence-corrected chi connectivity index (χ0v) is 13.6. The monoisotopic (exact) mass is 342 g/mol. The zero-order chi connectivity index (χ0) is 17.8. The van der Waals surface area contributed by atoms with Crippen LogP contribution in [0.5, 0.6) is 0 Å². The fourth-order valence-electron chi connectivity index (χ4n) is 2.92. The quantitative estimate of drug-likeness (QED) is 0.792. The van der Waals surface area contributed by atoms with Gasteiger partial charge in [-0.2, -0.15) is 0 Å². The average molecular weight is 342 g/mol. The summed E-state index contributed by atoms with van der Waals surface area (Å²) in [5.74, 6) is -0.959. The Morgan fingerprint density at radius 2 is 1.76 bits per heavy atom. The molecule has 0 bridgehead atoms. The van der Waals surface area contributed by atoms with Gasteiger partial charge in [0.15, 0.2) is 0 Å². The first-order valence-corrected chi connectivity index (χ1v) is 8.14. The van der Waals surface area contributed by atoms with Gasteiger partial charge in [-0.05, 0) is 24.5 Å². The molecule has 6 heteroatoms. The summed E-state index contributed by atoms with van der Waals surface area (Å²) >= 11 is 0. The molecule has 3 amide bonds. The zero-order valence-electron chi connectivity index (χ0n) is 13.6. The van der Waals surface area contributed by atoms with Crippen LogP contribution in [-0.4, -0.2) is 34.5 Å². The van der Waals surface area contributed by atoms with Gasteiger partial charge in [-0.25, -0.2) is 9.18 Å². The van der Waals surface area contributed by atoms with E-state index >= 15 is 0 Å². The number of β-amino-alcohol motifs (C(OH)–C–C–N with tert-alkyl or cyclic N) is 1. The molecular formula is C19H19FN2O3. The van der Waals surface area contributed by atoms with Gasteiger partial charge in [0.1, 0.15) is 11.9 Å². The van der Waals surface area contributed by atoms with Crippen LogP contribution in [0.3, 0.4) is 0 Å². The van der Waals surface area contributed by atoms with Crippen molar-refractivity contribution in [3.63, 3.8) is 0 Å². The smallest absolute Gasteiger partial charge is 0.324 e. The predicted molar refractivity (Wildman–Crippen MR) is 90.2 cm³/mol. The maximum atomic E-state index is 13.7. The molecule has 0 saturated carbocycles. The van der Waals surface area contributed by atoms with E-state index < -0.39 is 29.9 Å². The Balaban J connectivity index is 1.62. The number of amides is 3. The van der Waals surface area contributed by atoms with Gasteiger partial charge >= 0.3 is 6.03 Å². The number of urea groups is 1. The summed E-state index contributed by atoms with van der Waals surface area (Å²) in [5.41, 5.74) is 1.14. The number of imide groups is 1. The van der Waals surface area contributed by atoms with Crippen molar-refractivity contribution < 1.29 is 19.1 Å².